The number of benzene rings is 1. The van der Waals surface area contributed by atoms with Crippen molar-refractivity contribution in [2.45, 2.75) is 25.6 Å². The number of rotatable bonds is 3. The molecule has 3 heterocycles. The number of anilines is 1. The van der Waals surface area contributed by atoms with Gasteiger partial charge in [0.25, 0.3) is 0 Å². The Balaban J connectivity index is 1.49. The molecule has 6 heteroatoms. The quantitative estimate of drug-likeness (QED) is 0.865. The lowest BCUT2D eigenvalue weighted by Crippen LogP contribution is -2.50. The fourth-order valence-corrected chi connectivity index (χ4v) is 4.04. The van der Waals surface area contributed by atoms with Gasteiger partial charge in [0.05, 0.1) is 18.8 Å². The maximum Gasteiger partial charge on any atom is 0.205 e. The van der Waals surface area contributed by atoms with Crippen LogP contribution in [0.5, 0.6) is 0 Å². The summed E-state index contributed by atoms with van der Waals surface area (Å²) in [6.07, 6.45) is 0.279. The summed E-state index contributed by atoms with van der Waals surface area (Å²) in [6, 6.07) is 11.1. The number of nitrogens with zero attached hydrogens (tertiary/aromatic N) is 4. The average Bonchev–Trinajstić information content (AvgIpc) is 3.15. The van der Waals surface area contributed by atoms with Crippen LogP contribution in [0.3, 0.4) is 0 Å². The molecule has 22 heavy (non-hydrogen) atoms. The van der Waals surface area contributed by atoms with Gasteiger partial charge in [-0.1, -0.05) is 30.3 Å². The zero-order valence-electron chi connectivity index (χ0n) is 12.7. The first-order valence-electron chi connectivity index (χ1n) is 7.74. The summed E-state index contributed by atoms with van der Waals surface area (Å²) >= 11 is 1.49. The van der Waals surface area contributed by atoms with Crippen LogP contribution in [-0.4, -0.2) is 52.6 Å². The molecule has 2 atom stereocenters. The summed E-state index contributed by atoms with van der Waals surface area (Å²) in [4.78, 5) is 9.39. The third kappa shape index (κ3) is 2.74. The average molecular weight is 316 g/mol. The first-order chi connectivity index (χ1) is 10.8. The van der Waals surface area contributed by atoms with E-state index in [9.17, 15) is 0 Å². The molecule has 1 aromatic heterocycles. The summed E-state index contributed by atoms with van der Waals surface area (Å²) in [6.45, 7) is 6.66. The van der Waals surface area contributed by atoms with Crippen LogP contribution in [0.2, 0.25) is 0 Å². The van der Waals surface area contributed by atoms with Gasteiger partial charge in [-0.05, 0) is 12.5 Å². The van der Waals surface area contributed by atoms with E-state index < -0.39 is 0 Å². The lowest BCUT2D eigenvalue weighted by Gasteiger charge is -2.36. The van der Waals surface area contributed by atoms with E-state index >= 15 is 0 Å². The Morgan fingerprint density at radius 3 is 2.91 bits per heavy atom. The molecule has 0 N–H and O–H groups in total. The summed E-state index contributed by atoms with van der Waals surface area (Å²) in [7, 11) is 0. The van der Waals surface area contributed by atoms with Gasteiger partial charge in [-0.2, -0.15) is 4.37 Å². The topological polar surface area (TPSA) is 41.5 Å². The van der Waals surface area contributed by atoms with Gasteiger partial charge in [0, 0.05) is 37.7 Å². The number of fused-ring (bicyclic) bond motifs is 1. The highest BCUT2D eigenvalue weighted by Crippen LogP contribution is 2.29. The highest BCUT2D eigenvalue weighted by Gasteiger charge is 2.40. The zero-order chi connectivity index (χ0) is 14.9. The van der Waals surface area contributed by atoms with E-state index in [0.29, 0.717) is 6.04 Å². The van der Waals surface area contributed by atoms with Crippen LogP contribution in [-0.2, 0) is 11.3 Å². The lowest BCUT2D eigenvalue weighted by atomic mass is 10.1. The predicted octanol–water partition coefficient (Wildman–Crippen LogP) is 1.94. The van der Waals surface area contributed by atoms with E-state index in [2.05, 4.69) is 49.5 Å². The molecule has 116 valence electrons. The lowest BCUT2D eigenvalue weighted by molar-refractivity contribution is -0.0499. The Labute approximate surface area is 134 Å². The molecule has 0 aliphatic carbocycles. The molecule has 4 rings (SSSR count). The van der Waals surface area contributed by atoms with E-state index in [1.807, 2.05) is 6.92 Å². The standard InChI is InChI=1S/C16H20N4OS/c1-12-17-16(22-18-12)20-10-14-15(11-20)21-8-7-19(14)9-13-5-3-2-4-6-13/h2-6,14-15H,7-11H2,1H3/t14-,15-/m0/s1. The van der Waals surface area contributed by atoms with Crippen molar-refractivity contribution in [2.24, 2.45) is 0 Å². The number of ether oxygens (including phenoxy) is 1. The van der Waals surface area contributed by atoms with Crippen molar-refractivity contribution in [2.75, 3.05) is 31.1 Å². The van der Waals surface area contributed by atoms with Crippen LogP contribution >= 0.6 is 11.5 Å². The minimum atomic E-state index is 0.279. The monoisotopic (exact) mass is 316 g/mol. The number of hydrogen-bond acceptors (Lipinski definition) is 6. The van der Waals surface area contributed by atoms with Crippen LogP contribution in [0.25, 0.3) is 0 Å². The molecule has 0 amide bonds. The molecule has 2 aliphatic heterocycles. The van der Waals surface area contributed by atoms with Crippen LogP contribution in [0, 0.1) is 6.92 Å². The highest BCUT2D eigenvalue weighted by atomic mass is 32.1. The second-order valence-corrected chi connectivity index (χ2v) is 6.69. The number of hydrogen-bond donors (Lipinski definition) is 0. The smallest absolute Gasteiger partial charge is 0.205 e. The van der Waals surface area contributed by atoms with Crippen LogP contribution in [0.1, 0.15) is 11.4 Å². The molecule has 2 aliphatic rings. The molecular weight excluding hydrogens is 296 g/mol. The van der Waals surface area contributed by atoms with Gasteiger partial charge in [-0.15, -0.1) is 0 Å². The van der Waals surface area contributed by atoms with Crippen LogP contribution in [0.4, 0.5) is 5.13 Å². The number of morpholine rings is 1. The first kappa shape index (κ1) is 14.1. The molecule has 0 bridgehead atoms. The molecule has 0 saturated carbocycles. The van der Waals surface area contributed by atoms with E-state index in [4.69, 9.17) is 4.74 Å². The van der Waals surface area contributed by atoms with Crippen molar-refractivity contribution in [1.29, 1.82) is 0 Å². The molecule has 2 fully saturated rings. The van der Waals surface area contributed by atoms with Crippen molar-refractivity contribution in [3.8, 4) is 0 Å². The van der Waals surface area contributed by atoms with E-state index in [-0.39, 0.29) is 6.10 Å². The number of aromatic nitrogens is 2. The second-order valence-electron chi connectivity index (χ2n) is 5.96. The predicted molar refractivity (Wildman–Crippen MR) is 87.2 cm³/mol. The molecule has 5 nitrogen and oxygen atoms in total. The van der Waals surface area contributed by atoms with Gasteiger partial charge in [0.2, 0.25) is 5.13 Å². The normalized spacial score (nSPS) is 25.4. The zero-order valence-corrected chi connectivity index (χ0v) is 13.5. The second kappa shape index (κ2) is 5.95. The number of aryl methyl sites for hydroxylation is 1. The van der Waals surface area contributed by atoms with E-state index in [1.54, 1.807) is 0 Å². The van der Waals surface area contributed by atoms with Gasteiger partial charge < -0.3 is 9.64 Å². The maximum atomic E-state index is 6.00. The van der Waals surface area contributed by atoms with Crippen molar-refractivity contribution in [1.82, 2.24) is 14.3 Å². The van der Waals surface area contributed by atoms with Gasteiger partial charge in [-0.25, -0.2) is 4.98 Å². The molecule has 0 radical (unpaired) electrons. The van der Waals surface area contributed by atoms with Crippen molar-refractivity contribution >= 4 is 16.7 Å². The molecule has 2 aromatic rings. The van der Waals surface area contributed by atoms with Crippen LogP contribution in [0.15, 0.2) is 30.3 Å². The summed E-state index contributed by atoms with van der Waals surface area (Å²) in [5.74, 6) is 0.858. The largest absolute Gasteiger partial charge is 0.373 e. The Morgan fingerprint density at radius 1 is 1.27 bits per heavy atom. The Bertz CT molecular complexity index is 632. The molecule has 1 aromatic carbocycles. The first-order valence-corrected chi connectivity index (χ1v) is 8.52. The third-order valence-electron chi connectivity index (χ3n) is 4.43. The highest BCUT2D eigenvalue weighted by molar-refractivity contribution is 7.09. The van der Waals surface area contributed by atoms with E-state index in [0.717, 1.165) is 43.7 Å². The fraction of sp³-hybridized carbons (Fsp3) is 0.500. The third-order valence-corrected chi connectivity index (χ3v) is 5.30. The van der Waals surface area contributed by atoms with Crippen molar-refractivity contribution in [3.05, 3.63) is 41.7 Å². The fourth-order valence-electron chi connectivity index (χ4n) is 3.34. The minimum absolute atomic E-state index is 0.279. The van der Waals surface area contributed by atoms with Crippen molar-refractivity contribution < 1.29 is 4.74 Å². The molecule has 0 spiro atoms. The molecule has 2 saturated heterocycles. The molecule has 0 unspecified atom stereocenters. The Morgan fingerprint density at radius 2 is 2.14 bits per heavy atom. The van der Waals surface area contributed by atoms with Gasteiger partial charge in [-0.3, -0.25) is 4.90 Å². The molecular formula is C16H20N4OS. The Kier molecular flexibility index (Phi) is 3.82. The maximum absolute atomic E-state index is 6.00. The van der Waals surface area contributed by atoms with E-state index in [1.165, 1.54) is 17.1 Å². The minimum Gasteiger partial charge on any atom is -0.373 e. The SMILES string of the molecule is Cc1nsc(N2C[C@@H]3OCCN(Cc4ccccc4)[C@H]3C2)n1. The van der Waals surface area contributed by atoms with Gasteiger partial charge in [0.1, 0.15) is 5.82 Å². The summed E-state index contributed by atoms with van der Waals surface area (Å²) < 4.78 is 10.3. The summed E-state index contributed by atoms with van der Waals surface area (Å²) in [5, 5.41) is 1.02. The van der Waals surface area contributed by atoms with Gasteiger partial charge in [0.15, 0.2) is 0 Å². The Hall–Kier alpha value is -1.50. The van der Waals surface area contributed by atoms with Gasteiger partial charge >= 0.3 is 0 Å². The van der Waals surface area contributed by atoms with Crippen LogP contribution < -0.4 is 4.90 Å². The summed E-state index contributed by atoms with van der Waals surface area (Å²) in [5.41, 5.74) is 1.37. The van der Waals surface area contributed by atoms with Crippen molar-refractivity contribution in [3.63, 3.8) is 0 Å².